The molecule has 0 amide bonds. The maximum absolute atomic E-state index is 3.90. The molecule has 2 rings (SSSR count). The lowest BCUT2D eigenvalue weighted by molar-refractivity contribution is 0.911. The van der Waals surface area contributed by atoms with Crippen LogP contribution in [0.4, 0.5) is 0 Å². The van der Waals surface area contributed by atoms with Crippen LogP contribution in [-0.2, 0) is 7.05 Å². The molecule has 0 atom stereocenters. The number of rotatable bonds is 0. The Morgan fingerprint density at radius 3 is 2.64 bits per heavy atom. The molecule has 2 aromatic rings. The molecule has 0 saturated carbocycles. The van der Waals surface area contributed by atoms with Crippen molar-refractivity contribution in [1.82, 2.24) is 19.5 Å². The summed E-state index contributed by atoms with van der Waals surface area (Å²) < 4.78 is 1.94. The van der Waals surface area contributed by atoms with Crippen molar-refractivity contribution in [1.29, 1.82) is 0 Å². The van der Waals surface area contributed by atoms with Gasteiger partial charge in [0.2, 0.25) is 5.82 Å². The third-order valence-corrected chi connectivity index (χ3v) is 1.74. The number of aryl methyl sites for hydroxylation is 1. The normalized spacial score (nSPS) is 9.21. The lowest BCUT2D eigenvalue weighted by Gasteiger charge is -1.91. The largest absolute Gasteiger partial charge is 0.344 e. The molecule has 0 spiro atoms. The van der Waals surface area contributed by atoms with E-state index in [9.17, 15) is 0 Å². The van der Waals surface area contributed by atoms with Crippen molar-refractivity contribution in [3.8, 4) is 11.8 Å². The second-order valence-electron chi connectivity index (χ2n) is 2.72. The fourth-order valence-electron chi connectivity index (χ4n) is 1.01. The van der Waals surface area contributed by atoms with Crippen LogP contribution in [0.3, 0.4) is 0 Å². The van der Waals surface area contributed by atoms with Crippen LogP contribution in [0.5, 0.6) is 0 Å². The molecule has 0 aromatic carbocycles. The summed E-state index contributed by atoms with van der Waals surface area (Å²) in [6, 6.07) is 3.88. The van der Waals surface area contributed by atoms with Crippen LogP contribution >= 0.6 is 0 Å². The van der Waals surface area contributed by atoms with Crippen LogP contribution in [0.25, 0.3) is 0 Å². The Labute approximate surface area is 81.7 Å². The zero-order chi connectivity index (χ0) is 9.80. The number of hydrogen-bond donors (Lipinski definition) is 0. The van der Waals surface area contributed by atoms with Gasteiger partial charge in [-0.3, -0.25) is 0 Å². The molecule has 4 heteroatoms. The van der Waals surface area contributed by atoms with Gasteiger partial charge in [-0.25, -0.2) is 15.0 Å². The highest BCUT2D eigenvalue weighted by molar-refractivity contribution is 5.33. The van der Waals surface area contributed by atoms with Gasteiger partial charge in [0.15, 0.2) is 0 Å². The predicted molar refractivity (Wildman–Crippen MR) is 51.2 cm³/mol. The number of aromatic nitrogens is 4. The molecule has 2 aromatic heterocycles. The summed E-state index contributed by atoms with van der Waals surface area (Å²) in [6.45, 7) is 0. The molecule has 0 N–H and O–H groups in total. The smallest absolute Gasteiger partial charge is 0.208 e. The molecule has 0 radical (unpaired) electrons. The van der Waals surface area contributed by atoms with Gasteiger partial charge in [-0.05, 0) is 24.0 Å². The molecule has 0 saturated heterocycles. The second kappa shape index (κ2) is 3.71. The van der Waals surface area contributed by atoms with Gasteiger partial charge in [0.1, 0.15) is 12.7 Å². The molecular formula is C10H8N4. The van der Waals surface area contributed by atoms with Crippen molar-refractivity contribution >= 4 is 0 Å². The van der Waals surface area contributed by atoms with Crippen molar-refractivity contribution in [2.75, 3.05) is 0 Å². The standard InChI is InChI=1S/C10H8N4/c1-14-6-2-3-9(14)4-5-10-12-7-11-8-13-10/h2-3,6-8H,1H3. The Balaban J connectivity index is 2.28. The molecular weight excluding hydrogens is 176 g/mol. The first-order valence-electron chi connectivity index (χ1n) is 4.11. The zero-order valence-electron chi connectivity index (χ0n) is 7.68. The van der Waals surface area contributed by atoms with E-state index in [1.807, 2.05) is 29.9 Å². The summed E-state index contributed by atoms with van der Waals surface area (Å²) in [4.78, 5) is 11.5. The molecule has 0 aliphatic carbocycles. The van der Waals surface area contributed by atoms with Gasteiger partial charge >= 0.3 is 0 Å². The summed E-state index contributed by atoms with van der Waals surface area (Å²) >= 11 is 0. The topological polar surface area (TPSA) is 43.6 Å². The third kappa shape index (κ3) is 1.77. The summed E-state index contributed by atoms with van der Waals surface area (Å²) in [5.41, 5.74) is 0.936. The van der Waals surface area contributed by atoms with Gasteiger partial charge in [-0.2, -0.15) is 0 Å². The monoisotopic (exact) mass is 184 g/mol. The van der Waals surface area contributed by atoms with E-state index in [2.05, 4.69) is 26.8 Å². The summed E-state index contributed by atoms with van der Waals surface area (Å²) in [7, 11) is 1.94. The summed E-state index contributed by atoms with van der Waals surface area (Å²) in [5.74, 6) is 6.31. The molecule has 4 nitrogen and oxygen atoms in total. The molecule has 14 heavy (non-hydrogen) atoms. The molecule has 0 bridgehead atoms. The quantitative estimate of drug-likeness (QED) is 0.563. The summed E-state index contributed by atoms with van der Waals surface area (Å²) in [5, 5.41) is 0. The van der Waals surface area contributed by atoms with Gasteiger partial charge < -0.3 is 4.57 Å². The Morgan fingerprint density at radius 2 is 2.00 bits per heavy atom. The number of nitrogens with zero attached hydrogens (tertiary/aromatic N) is 4. The van der Waals surface area contributed by atoms with Crippen LogP contribution < -0.4 is 0 Å². The van der Waals surface area contributed by atoms with Crippen LogP contribution in [0, 0.1) is 11.8 Å². The van der Waals surface area contributed by atoms with E-state index in [1.165, 1.54) is 12.7 Å². The van der Waals surface area contributed by atoms with E-state index in [4.69, 9.17) is 0 Å². The van der Waals surface area contributed by atoms with Crippen LogP contribution in [0.2, 0.25) is 0 Å². The van der Waals surface area contributed by atoms with Crippen molar-refractivity contribution in [3.05, 3.63) is 42.5 Å². The maximum Gasteiger partial charge on any atom is 0.208 e. The molecule has 0 unspecified atom stereocenters. The maximum atomic E-state index is 3.90. The van der Waals surface area contributed by atoms with E-state index < -0.39 is 0 Å². The molecule has 0 fully saturated rings. The van der Waals surface area contributed by atoms with Gasteiger partial charge in [0.25, 0.3) is 0 Å². The van der Waals surface area contributed by atoms with Crippen LogP contribution in [0.15, 0.2) is 31.0 Å². The minimum atomic E-state index is 0.487. The SMILES string of the molecule is Cn1cccc1C#Cc1ncncn1. The highest BCUT2D eigenvalue weighted by atomic mass is 15.0. The number of hydrogen-bond acceptors (Lipinski definition) is 3. The van der Waals surface area contributed by atoms with E-state index in [0.29, 0.717) is 5.82 Å². The first kappa shape index (κ1) is 8.45. The third-order valence-electron chi connectivity index (χ3n) is 1.74. The Morgan fingerprint density at radius 1 is 1.21 bits per heavy atom. The molecule has 2 heterocycles. The molecule has 68 valence electrons. The Bertz CT molecular complexity index is 476. The summed E-state index contributed by atoms with van der Waals surface area (Å²) in [6.07, 6.45) is 4.81. The van der Waals surface area contributed by atoms with Crippen LogP contribution in [0.1, 0.15) is 11.5 Å². The lowest BCUT2D eigenvalue weighted by Crippen LogP contribution is -1.90. The van der Waals surface area contributed by atoms with Gasteiger partial charge in [0.05, 0.1) is 5.69 Å². The molecule has 0 aliphatic rings. The Kier molecular flexibility index (Phi) is 2.24. The first-order valence-corrected chi connectivity index (χ1v) is 4.11. The lowest BCUT2D eigenvalue weighted by atomic mass is 10.4. The van der Waals surface area contributed by atoms with Gasteiger partial charge in [-0.1, -0.05) is 0 Å². The minimum absolute atomic E-state index is 0.487. The van der Waals surface area contributed by atoms with Crippen molar-refractivity contribution < 1.29 is 0 Å². The second-order valence-corrected chi connectivity index (χ2v) is 2.72. The van der Waals surface area contributed by atoms with E-state index in [-0.39, 0.29) is 0 Å². The Hall–Kier alpha value is -2.15. The molecule has 0 aliphatic heterocycles. The van der Waals surface area contributed by atoms with Crippen molar-refractivity contribution in [2.24, 2.45) is 7.05 Å². The minimum Gasteiger partial charge on any atom is -0.344 e. The van der Waals surface area contributed by atoms with E-state index in [1.54, 1.807) is 0 Å². The van der Waals surface area contributed by atoms with E-state index in [0.717, 1.165) is 5.69 Å². The zero-order valence-corrected chi connectivity index (χ0v) is 7.68. The van der Waals surface area contributed by atoms with Gasteiger partial charge in [0, 0.05) is 13.2 Å². The fourth-order valence-corrected chi connectivity index (χ4v) is 1.01. The average molecular weight is 184 g/mol. The highest BCUT2D eigenvalue weighted by Gasteiger charge is 1.90. The average Bonchev–Trinajstić information content (AvgIpc) is 2.63. The van der Waals surface area contributed by atoms with Crippen molar-refractivity contribution in [2.45, 2.75) is 0 Å². The highest BCUT2D eigenvalue weighted by Crippen LogP contribution is 1.96. The van der Waals surface area contributed by atoms with Crippen LogP contribution in [-0.4, -0.2) is 19.5 Å². The fraction of sp³-hybridized carbons (Fsp3) is 0.100. The first-order chi connectivity index (χ1) is 6.86. The predicted octanol–water partition coefficient (Wildman–Crippen LogP) is 0.610. The van der Waals surface area contributed by atoms with E-state index >= 15 is 0 Å². The van der Waals surface area contributed by atoms with Crippen molar-refractivity contribution in [3.63, 3.8) is 0 Å². The van der Waals surface area contributed by atoms with Gasteiger partial charge in [-0.15, -0.1) is 0 Å².